The number of hydrogen-bond acceptors (Lipinski definition) is 3. The van der Waals surface area contributed by atoms with Gasteiger partial charge in [-0.2, -0.15) is 13.2 Å². The van der Waals surface area contributed by atoms with Gasteiger partial charge in [-0.15, -0.1) is 0 Å². The van der Waals surface area contributed by atoms with E-state index >= 15 is 0 Å². The van der Waals surface area contributed by atoms with Crippen LogP contribution in [0.3, 0.4) is 0 Å². The van der Waals surface area contributed by atoms with Crippen LogP contribution in [0.25, 0.3) is 10.9 Å². The maximum absolute atomic E-state index is 12.8. The third-order valence-electron chi connectivity index (χ3n) is 2.68. The van der Waals surface area contributed by atoms with Gasteiger partial charge in [-0.25, -0.2) is 9.36 Å². The SMILES string of the molecule is CC(N)n1c(=O)[nH]c2c(C(F)(F)F)cccc2c1=O. The van der Waals surface area contributed by atoms with Gasteiger partial charge in [0.25, 0.3) is 5.56 Å². The number of halogens is 3. The summed E-state index contributed by atoms with van der Waals surface area (Å²) in [7, 11) is 0. The number of benzene rings is 1. The highest BCUT2D eigenvalue weighted by Gasteiger charge is 2.33. The summed E-state index contributed by atoms with van der Waals surface area (Å²) in [6.45, 7) is 1.39. The van der Waals surface area contributed by atoms with E-state index in [1.807, 2.05) is 0 Å². The normalized spacial score (nSPS) is 13.7. The lowest BCUT2D eigenvalue weighted by Gasteiger charge is -2.13. The van der Waals surface area contributed by atoms with Crippen molar-refractivity contribution in [3.63, 3.8) is 0 Å². The molecule has 19 heavy (non-hydrogen) atoms. The van der Waals surface area contributed by atoms with E-state index in [0.717, 1.165) is 12.1 Å². The fourth-order valence-corrected chi connectivity index (χ4v) is 1.86. The van der Waals surface area contributed by atoms with Gasteiger partial charge in [0.2, 0.25) is 0 Å². The van der Waals surface area contributed by atoms with Crippen molar-refractivity contribution in [1.82, 2.24) is 9.55 Å². The third kappa shape index (κ3) is 2.14. The van der Waals surface area contributed by atoms with Crippen LogP contribution in [-0.2, 0) is 6.18 Å². The molecular formula is C11H10F3N3O2. The number of hydrogen-bond donors (Lipinski definition) is 2. The number of rotatable bonds is 1. The monoisotopic (exact) mass is 273 g/mol. The van der Waals surface area contributed by atoms with Gasteiger partial charge in [0.05, 0.1) is 22.6 Å². The molecule has 0 amide bonds. The highest BCUT2D eigenvalue weighted by molar-refractivity contribution is 5.81. The van der Waals surface area contributed by atoms with Crippen molar-refractivity contribution in [2.24, 2.45) is 5.73 Å². The number of nitrogens with one attached hydrogen (secondary N) is 1. The predicted octanol–water partition coefficient (Wildman–Crippen LogP) is 1.19. The summed E-state index contributed by atoms with van der Waals surface area (Å²) in [6, 6.07) is 3.12. The number of nitrogens with zero attached hydrogens (tertiary/aromatic N) is 1. The Morgan fingerprint density at radius 1 is 1.32 bits per heavy atom. The Bertz CT molecular complexity index is 743. The van der Waals surface area contributed by atoms with Crippen molar-refractivity contribution in [3.8, 4) is 0 Å². The first-order valence-electron chi connectivity index (χ1n) is 5.34. The molecule has 0 saturated heterocycles. The van der Waals surface area contributed by atoms with E-state index in [4.69, 9.17) is 5.73 Å². The number of aromatic nitrogens is 2. The first-order chi connectivity index (χ1) is 8.73. The molecule has 1 aromatic heterocycles. The van der Waals surface area contributed by atoms with Crippen LogP contribution in [0.5, 0.6) is 0 Å². The molecule has 1 unspecified atom stereocenters. The smallest absolute Gasteiger partial charge is 0.311 e. The Morgan fingerprint density at radius 3 is 2.47 bits per heavy atom. The van der Waals surface area contributed by atoms with E-state index < -0.39 is 34.7 Å². The Hall–Kier alpha value is -2.09. The van der Waals surface area contributed by atoms with Crippen LogP contribution in [0.2, 0.25) is 0 Å². The maximum Gasteiger partial charge on any atom is 0.418 e. The van der Waals surface area contributed by atoms with E-state index in [0.29, 0.717) is 4.57 Å². The van der Waals surface area contributed by atoms with Gasteiger partial charge in [0, 0.05) is 0 Å². The van der Waals surface area contributed by atoms with Crippen molar-refractivity contribution in [1.29, 1.82) is 0 Å². The van der Waals surface area contributed by atoms with Gasteiger partial charge in [-0.05, 0) is 19.1 Å². The molecule has 0 bridgehead atoms. The summed E-state index contributed by atoms with van der Waals surface area (Å²) < 4.78 is 39.0. The molecule has 8 heteroatoms. The third-order valence-corrected chi connectivity index (χ3v) is 2.68. The van der Waals surface area contributed by atoms with Crippen LogP contribution in [0.15, 0.2) is 27.8 Å². The molecule has 0 radical (unpaired) electrons. The molecule has 1 atom stereocenters. The lowest BCUT2D eigenvalue weighted by Crippen LogP contribution is -2.40. The second-order valence-electron chi connectivity index (χ2n) is 4.07. The molecule has 2 rings (SSSR count). The fourth-order valence-electron chi connectivity index (χ4n) is 1.86. The van der Waals surface area contributed by atoms with Gasteiger partial charge in [-0.1, -0.05) is 6.07 Å². The molecule has 1 aromatic carbocycles. The Balaban J connectivity index is 2.97. The Morgan fingerprint density at radius 2 is 1.95 bits per heavy atom. The summed E-state index contributed by atoms with van der Waals surface area (Å²) in [4.78, 5) is 25.7. The molecule has 0 aliphatic rings. The lowest BCUT2D eigenvalue weighted by atomic mass is 10.1. The van der Waals surface area contributed by atoms with E-state index in [1.54, 1.807) is 0 Å². The highest BCUT2D eigenvalue weighted by atomic mass is 19.4. The molecule has 1 heterocycles. The number of H-pyrrole nitrogens is 1. The summed E-state index contributed by atoms with van der Waals surface area (Å²) in [5.41, 5.74) is 2.05. The van der Waals surface area contributed by atoms with Gasteiger partial charge in [0.15, 0.2) is 0 Å². The van der Waals surface area contributed by atoms with E-state index in [1.165, 1.54) is 13.0 Å². The maximum atomic E-state index is 12.8. The zero-order valence-corrected chi connectivity index (χ0v) is 9.78. The van der Waals surface area contributed by atoms with Crippen molar-refractivity contribution in [2.45, 2.75) is 19.3 Å². The van der Waals surface area contributed by atoms with E-state index in [-0.39, 0.29) is 5.39 Å². The number of alkyl halides is 3. The van der Waals surface area contributed by atoms with Crippen LogP contribution < -0.4 is 17.0 Å². The fraction of sp³-hybridized carbons (Fsp3) is 0.273. The first kappa shape index (κ1) is 13.3. The minimum Gasteiger partial charge on any atom is -0.311 e. The molecule has 5 nitrogen and oxygen atoms in total. The van der Waals surface area contributed by atoms with Gasteiger partial charge < -0.3 is 10.7 Å². The average Bonchev–Trinajstić information content (AvgIpc) is 2.26. The van der Waals surface area contributed by atoms with Gasteiger partial charge >= 0.3 is 11.9 Å². The quantitative estimate of drug-likeness (QED) is 0.818. The second kappa shape index (κ2) is 4.23. The molecular weight excluding hydrogens is 263 g/mol. The van der Waals surface area contributed by atoms with Crippen molar-refractivity contribution >= 4 is 10.9 Å². The standard InChI is InChI=1S/C11H10F3N3O2/c1-5(15)17-9(18)6-3-2-4-7(11(12,13)14)8(6)16-10(17)19/h2-5H,15H2,1H3,(H,16,19). The zero-order valence-electron chi connectivity index (χ0n) is 9.78. The molecule has 0 aliphatic carbocycles. The first-order valence-corrected chi connectivity index (χ1v) is 5.34. The van der Waals surface area contributed by atoms with Crippen molar-refractivity contribution in [3.05, 3.63) is 44.6 Å². The highest BCUT2D eigenvalue weighted by Crippen LogP contribution is 2.32. The van der Waals surface area contributed by atoms with Crippen LogP contribution in [-0.4, -0.2) is 9.55 Å². The van der Waals surface area contributed by atoms with E-state index in [2.05, 4.69) is 4.98 Å². The number of para-hydroxylation sites is 1. The summed E-state index contributed by atoms with van der Waals surface area (Å²) in [6.07, 6.45) is -5.59. The molecule has 0 saturated carbocycles. The second-order valence-corrected chi connectivity index (χ2v) is 4.07. The van der Waals surface area contributed by atoms with Crippen LogP contribution in [0.1, 0.15) is 18.7 Å². The number of fused-ring (bicyclic) bond motifs is 1. The van der Waals surface area contributed by atoms with Crippen LogP contribution >= 0.6 is 0 Å². The molecule has 3 N–H and O–H groups in total. The molecule has 0 fully saturated rings. The van der Waals surface area contributed by atoms with Crippen molar-refractivity contribution in [2.75, 3.05) is 0 Å². The number of nitrogens with two attached hydrogens (primary N) is 1. The largest absolute Gasteiger partial charge is 0.418 e. The summed E-state index contributed by atoms with van der Waals surface area (Å²) in [5, 5.41) is -0.230. The lowest BCUT2D eigenvalue weighted by molar-refractivity contribution is -0.136. The minimum absolute atomic E-state index is 0.230. The topological polar surface area (TPSA) is 80.9 Å². The Kier molecular flexibility index (Phi) is 2.97. The minimum atomic E-state index is -4.66. The average molecular weight is 273 g/mol. The predicted molar refractivity (Wildman–Crippen MR) is 62.7 cm³/mol. The van der Waals surface area contributed by atoms with Gasteiger partial charge in [-0.3, -0.25) is 4.79 Å². The summed E-state index contributed by atoms with van der Waals surface area (Å²) >= 11 is 0. The van der Waals surface area contributed by atoms with Crippen molar-refractivity contribution < 1.29 is 13.2 Å². The molecule has 2 aromatic rings. The summed E-state index contributed by atoms with van der Waals surface area (Å²) in [5.74, 6) is 0. The van der Waals surface area contributed by atoms with Crippen LogP contribution in [0, 0.1) is 0 Å². The molecule has 102 valence electrons. The van der Waals surface area contributed by atoms with Gasteiger partial charge in [0.1, 0.15) is 0 Å². The molecule has 0 aliphatic heterocycles. The molecule has 0 spiro atoms. The number of aromatic amines is 1. The van der Waals surface area contributed by atoms with Crippen LogP contribution in [0.4, 0.5) is 13.2 Å². The Labute approximate surface area is 104 Å². The zero-order chi connectivity index (χ0) is 14.4. The van der Waals surface area contributed by atoms with E-state index in [9.17, 15) is 22.8 Å².